The minimum Gasteiger partial charge on any atom is -0.339 e. The summed E-state index contributed by atoms with van der Waals surface area (Å²) in [6.45, 7) is 0. The molecular formula is C7H8F3N3OS. The van der Waals surface area contributed by atoms with Crippen LogP contribution in [0.1, 0.15) is 17.6 Å². The van der Waals surface area contributed by atoms with Crippen molar-refractivity contribution < 1.29 is 17.7 Å². The Morgan fingerprint density at radius 1 is 1.40 bits per heavy atom. The third kappa shape index (κ3) is 2.10. The Hall–Kier alpha value is -0.760. The summed E-state index contributed by atoms with van der Waals surface area (Å²) in [6, 6.07) is -0.212. The van der Waals surface area contributed by atoms with Crippen molar-refractivity contribution in [2.24, 2.45) is 5.73 Å². The van der Waals surface area contributed by atoms with E-state index in [0.29, 0.717) is 11.5 Å². The van der Waals surface area contributed by atoms with Gasteiger partial charge in [-0.3, -0.25) is 0 Å². The van der Waals surface area contributed by atoms with Gasteiger partial charge in [0.1, 0.15) is 0 Å². The van der Waals surface area contributed by atoms with Crippen molar-refractivity contribution in [2.45, 2.75) is 18.1 Å². The zero-order valence-corrected chi connectivity index (χ0v) is 8.31. The van der Waals surface area contributed by atoms with Crippen molar-refractivity contribution >= 4 is 11.8 Å². The largest absolute Gasteiger partial charge is 0.455 e. The molecule has 1 aliphatic heterocycles. The zero-order chi connectivity index (χ0) is 11.1. The van der Waals surface area contributed by atoms with Crippen molar-refractivity contribution in [3.05, 3.63) is 11.7 Å². The number of thioether (sulfide) groups is 1. The Kier molecular flexibility index (Phi) is 2.63. The topological polar surface area (TPSA) is 64.9 Å². The van der Waals surface area contributed by atoms with Crippen LogP contribution in [0.2, 0.25) is 0 Å². The zero-order valence-electron chi connectivity index (χ0n) is 7.49. The van der Waals surface area contributed by atoms with Gasteiger partial charge in [0.2, 0.25) is 5.89 Å². The summed E-state index contributed by atoms with van der Waals surface area (Å²) in [5.41, 5.74) is 5.70. The van der Waals surface area contributed by atoms with Gasteiger partial charge in [-0.15, -0.1) is 0 Å². The molecule has 8 heteroatoms. The number of halogens is 3. The van der Waals surface area contributed by atoms with Gasteiger partial charge >= 0.3 is 6.18 Å². The third-order valence-corrected chi connectivity index (χ3v) is 3.35. The molecule has 0 aliphatic carbocycles. The summed E-state index contributed by atoms with van der Waals surface area (Å²) >= 11 is 1.57. The molecule has 0 saturated carbocycles. The van der Waals surface area contributed by atoms with E-state index < -0.39 is 12.0 Å². The van der Waals surface area contributed by atoms with Gasteiger partial charge in [0, 0.05) is 17.5 Å². The maximum absolute atomic E-state index is 12.2. The molecule has 2 N–H and O–H groups in total. The van der Waals surface area contributed by atoms with Gasteiger partial charge in [-0.2, -0.15) is 29.9 Å². The average Bonchev–Trinajstić information content (AvgIpc) is 2.69. The van der Waals surface area contributed by atoms with Gasteiger partial charge in [0.05, 0.1) is 5.92 Å². The fraction of sp³-hybridized carbons (Fsp3) is 0.714. The highest BCUT2D eigenvalue weighted by Gasteiger charge is 2.39. The second kappa shape index (κ2) is 3.67. The van der Waals surface area contributed by atoms with Crippen LogP contribution in [0.4, 0.5) is 13.2 Å². The number of nitrogens with zero attached hydrogens (tertiary/aromatic N) is 2. The predicted octanol–water partition coefficient (Wildman–Crippen LogP) is 1.25. The van der Waals surface area contributed by atoms with E-state index in [0.717, 1.165) is 0 Å². The molecule has 2 rings (SSSR count). The van der Waals surface area contributed by atoms with Crippen LogP contribution in [-0.4, -0.2) is 27.7 Å². The van der Waals surface area contributed by atoms with E-state index in [1.165, 1.54) is 0 Å². The number of nitrogens with two attached hydrogens (primary N) is 1. The molecule has 2 unspecified atom stereocenters. The molecule has 1 aliphatic rings. The summed E-state index contributed by atoms with van der Waals surface area (Å²) in [6.07, 6.45) is -4.56. The van der Waals surface area contributed by atoms with Crippen LogP contribution in [-0.2, 0) is 6.18 Å². The quantitative estimate of drug-likeness (QED) is 0.798. The molecular weight excluding hydrogens is 231 g/mol. The molecule has 1 fully saturated rings. The first-order valence-corrected chi connectivity index (χ1v) is 5.38. The highest BCUT2D eigenvalue weighted by atomic mass is 32.2. The number of hydrogen-bond donors (Lipinski definition) is 1. The van der Waals surface area contributed by atoms with Crippen LogP contribution in [0.15, 0.2) is 4.52 Å². The molecule has 2 atom stereocenters. The molecule has 0 spiro atoms. The van der Waals surface area contributed by atoms with Crippen molar-refractivity contribution in [3.8, 4) is 0 Å². The fourth-order valence-electron chi connectivity index (χ4n) is 1.33. The number of hydrogen-bond acceptors (Lipinski definition) is 5. The summed E-state index contributed by atoms with van der Waals surface area (Å²) in [4.78, 5) is 3.32. The number of aromatic nitrogens is 2. The maximum Gasteiger partial charge on any atom is 0.455 e. The summed E-state index contributed by atoms with van der Waals surface area (Å²) < 4.78 is 41.1. The van der Waals surface area contributed by atoms with Crippen LogP contribution in [0.3, 0.4) is 0 Å². The third-order valence-electron chi connectivity index (χ3n) is 2.14. The van der Waals surface area contributed by atoms with E-state index in [-0.39, 0.29) is 17.9 Å². The van der Waals surface area contributed by atoms with Crippen LogP contribution < -0.4 is 5.73 Å². The Labute approximate surface area is 87.4 Å². The van der Waals surface area contributed by atoms with E-state index in [1.807, 2.05) is 0 Å². The summed E-state index contributed by atoms with van der Waals surface area (Å²) in [5, 5.41) is 2.89. The van der Waals surface area contributed by atoms with E-state index >= 15 is 0 Å². The normalized spacial score (nSPS) is 27.2. The molecule has 15 heavy (non-hydrogen) atoms. The maximum atomic E-state index is 12.2. The Balaban J connectivity index is 2.20. The van der Waals surface area contributed by atoms with Gasteiger partial charge in [-0.25, -0.2) is 0 Å². The lowest BCUT2D eigenvalue weighted by Crippen LogP contribution is -2.26. The minimum absolute atomic E-state index is 0.0141. The van der Waals surface area contributed by atoms with Crippen LogP contribution in [0.5, 0.6) is 0 Å². The second-order valence-corrected chi connectivity index (χ2v) is 4.34. The van der Waals surface area contributed by atoms with E-state index in [4.69, 9.17) is 5.73 Å². The van der Waals surface area contributed by atoms with Gasteiger partial charge < -0.3 is 10.3 Å². The molecule has 84 valence electrons. The van der Waals surface area contributed by atoms with Crippen LogP contribution in [0, 0.1) is 0 Å². The summed E-state index contributed by atoms with van der Waals surface area (Å²) in [7, 11) is 0. The van der Waals surface area contributed by atoms with Gasteiger partial charge in [-0.05, 0) is 0 Å². The van der Waals surface area contributed by atoms with E-state index in [1.54, 1.807) is 11.8 Å². The first-order chi connectivity index (χ1) is 6.98. The fourth-order valence-corrected chi connectivity index (χ4v) is 2.61. The lowest BCUT2D eigenvalue weighted by atomic mass is 10.1. The average molecular weight is 239 g/mol. The van der Waals surface area contributed by atoms with Gasteiger partial charge in [-0.1, -0.05) is 5.16 Å². The molecule has 0 radical (unpaired) electrons. The predicted molar refractivity (Wildman–Crippen MR) is 47.3 cm³/mol. The molecule has 0 aromatic carbocycles. The van der Waals surface area contributed by atoms with Crippen molar-refractivity contribution in [1.29, 1.82) is 0 Å². The Morgan fingerprint density at radius 3 is 2.60 bits per heavy atom. The first-order valence-electron chi connectivity index (χ1n) is 4.22. The van der Waals surface area contributed by atoms with Crippen molar-refractivity contribution in [1.82, 2.24) is 10.1 Å². The monoisotopic (exact) mass is 239 g/mol. The highest BCUT2D eigenvalue weighted by molar-refractivity contribution is 7.99. The van der Waals surface area contributed by atoms with E-state index in [9.17, 15) is 13.2 Å². The molecule has 4 nitrogen and oxygen atoms in total. The number of alkyl halides is 3. The molecule has 1 saturated heterocycles. The number of rotatable bonds is 1. The SMILES string of the molecule is NC1CSCC1c1nc(C(F)(F)F)no1. The molecule has 1 aromatic heterocycles. The van der Waals surface area contributed by atoms with E-state index in [2.05, 4.69) is 14.7 Å². The van der Waals surface area contributed by atoms with Crippen molar-refractivity contribution in [3.63, 3.8) is 0 Å². The Morgan fingerprint density at radius 2 is 2.13 bits per heavy atom. The summed E-state index contributed by atoms with van der Waals surface area (Å²) in [5.74, 6) is -0.185. The molecule has 2 heterocycles. The lowest BCUT2D eigenvalue weighted by molar-refractivity contribution is -0.146. The van der Waals surface area contributed by atoms with Crippen LogP contribution in [0.25, 0.3) is 0 Å². The molecule has 1 aromatic rings. The Bertz CT molecular complexity index is 353. The van der Waals surface area contributed by atoms with Crippen LogP contribution >= 0.6 is 11.8 Å². The molecule has 0 amide bonds. The minimum atomic E-state index is -4.56. The smallest absolute Gasteiger partial charge is 0.339 e. The molecule has 0 bridgehead atoms. The van der Waals surface area contributed by atoms with Crippen molar-refractivity contribution in [2.75, 3.05) is 11.5 Å². The van der Waals surface area contributed by atoms with Gasteiger partial charge in [0.15, 0.2) is 0 Å². The lowest BCUT2D eigenvalue weighted by Gasteiger charge is -2.07. The standard InChI is InChI=1S/C7H8F3N3OS/c8-7(9,10)6-12-5(14-13-6)3-1-15-2-4(3)11/h3-4H,1-2,11H2. The highest BCUT2D eigenvalue weighted by Crippen LogP contribution is 2.33. The van der Waals surface area contributed by atoms with Gasteiger partial charge in [0.25, 0.3) is 5.82 Å². The second-order valence-electron chi connectivity index (χ2n) is 3.26. The first kappa shape index (κ1) is 10.7.